The Labute approximate surface area is 351 Å². The quantitative estimate of drug-likeness (QED) is 0.157. The average Bonchev–Trinajstić information content (AvgIpc) is 3.88. The van der Waals surface area contributed by atoms with Crippen molar-refractivity contribution in [1.29, 1.82) is 0 Å². The van der Waals surface area contributed by atoms with E-state index in [1.807, 2.05) is 32.9 Å². The van der Waals surface area contributed by atoms with Crippen LogP contribution >= 0.6 is 22.6 Å². The molecule has 322 valence electrons. The van der Waals surface area contributed by atoms with Gasteiger partial charge in [-0.1, -0.05) is 41.5 Å². The molecule has 4 N–H and O–H groups in total. The summed E-state index contributed by atoms with van der Waals surface area (Å²) in [6.45, 7) is 15.7. The number of amides is 1. The Morgan fingerprint density at radius 1 is 1.02 bits per heavy atom. The van der Waals surface area contributed by atoms with Crippen LogP contribution in [0.5, 0.6) is 0 Å². The van der Waals surface area contributed by atoms with E-state index in [1.54, 1.807) is 19.1 Å². The third kappa shape index (κ3) is 9.05. The molecule has 0 saturated carbocycles. The van der Waals surface area contributed by atoms with Gasteiger partial charge in [-0.25, -0.2) is 4.79 Å². The molecule has 1 amide bonds. The Morgan fingerprint density at radius 2 is 1.72 bits per heavy atom. The summed E-state index contributed by atoms with van der Waals surface area (Å²) in [4.78, 5) is 24.6. The van der Waals surface area contributed by atoms with Gasteiger partial charge in [0.2, 0.25) is 5.79 Å². The van der Waals surface area contributed by atoms with Crippen LogP contribution in [0.2, 0.25) is 0 Å². The van der Waals surface area contributed by atoms with E-state index in [-0.39, 0.29) is 54.5 Å². The molecule has 13 nitrogen and oxygen atoms in total. The van der Waals surface area contributed by atoms with Crippen molar-refractivity contribution in [2.75, 3.05) is 19.0 Å². The summed E-state index contributed by atoms with van der Waals surface area (Å²) in [5.74, 6) is -4.96. The van der Waals surface area contributed by atoms with Gasteiger partial charge in [0.1, 0.15) is 6.61 Å². The maximum atomic E-state index is 12.7. The number of aliphatic hydroxyl groups excluding tert-OH is 1. The molecule has 5 fully saturated rings. The number of anilines is 1. The number of carboxylic acids is 1. The van der Waals surface area contributed by atoms with E-state index < -0.39 is 65.2 Å². The molecule has 1 spiro atoms. The SMILES string of the molecule is CC[C@@]1([C@@H]2O[C@@H]([C@H]3O[C@@](O)(COC(=O)Nc4ccc(I)cc4)[C@H](C)C[C@@H]3C)C[C@@H]2C)CC[C@H]([C@]2(C)CC[C@]3(C[C@H](O)[C@@H](C)[C@@H]([C@@H](C)[C@@H](OC)[C@@H](C)C(=O)O)O3)O2)O1. The number of methoxy groups -OCH3 is 1. The van der Waals surface area contributed by atoms with Gasteiger partial charge in [-0.05, 0) is 111 Å². The van der Waals surface area contributed by atoms with Crippen LogP contribution in [0.1, 0.15) is 107 Å². The number of carbonyl (C=O) groups excluding carboxylic acids is 1. The Balaban J connectivity index is 1.10. The number of carboxylic acid groups (broad SMARTS) is 1. The van der Waals surface area contributed by atoms with Gasteiger partial charge in [0.15, 0.2) is 5.79 Å². The summed E-state index contributed by atoms with van der Waals surface area (Å²) in [7, 11) is 1.52. The van der Waals surface area contributed by atoms with E-state index in [0.29, 0.717) is 31.4 Å². The van der Waals surface area contributed by atoms with Crippen molar-refractivity contribution in [3.8, 4) is 0 Å². The van der Waals surface area contributed by atoms with E-state index in [9.17, 15) is 24.9 Å². The number of rotatable bonds is 12. The molecule has 6 rings (SSSR count). The summed E-state index contributed by atoms with van der Waals surface area (Å²) >= 11 is 2.20. The second-order valence-corrected chi connectivity index (χ2v) is 19.6. The van der Waals surface area contributed by atoms with Crippen LogP contribution in [0.25, 0.3) is 0 Å². The molecule has 1 aromatic rings. The minimum atomic E-state index is -1.67. The van der Waals surface area contributed by atoms with Gasteiger partial charge >= 0.3 is 12.1 Å². The number of ether oxygens (including phenoxy) is 7. The van der Waals surface area contributed by atoms with Gasteiger partial charge in [-0.3, -0.25) is 10.1 Å². The number of hydrogen-bond acceptors (Lipinski definition) is 11. The number of nitrogens with one attached hydrogen (secondary N) is 1. The van der Waals surface area contributed by atoms with Crippen LogP contribution in [0.15, 0.2) is 24.3 Å². The molecule has 5 aliphatic rings. The second kappa shape index (κ2) is 17.4. The average molecular weight is 916 g/mol. The summed E-state index contributed by atoms with van der Waals surface area (Å²) in [6, 6.07) is 7.35. The normalized spacial score (nSPS) is 43.8. The van der Waals surface area contributed by atoms with Crippen LogP contribution in [-0.4, -0.2) is 107 Å². The Kier molecular flexibility index (Phi) is 13.7. The third-order valence-electron chi connectivity index (χ3n) is 14.3. The lowest BCUT2D eigenvalue weighted by Crippen LogP contribution is -2.57. The highest BCUT2D eigenvalue weighted by atomic mass is 127. The van der Waals surface area contributed by atoms with Gasteiger partial charge in [-0.2, -0.15) is 0 Å². The van der Waals surface area contributed by atoms with Crippen molar-refractivity contribution in [3.05, 3.63) is 27.8 Å². The fraction of sp³-hybridized carbons (Fsp3) is 0.814. The van der Waals surface area contributed by atoms with Gasteiger partial charge in [-0.15, -0.1) is 0 Å². The summed E-state index contributed by atoms with van der Waals surface area (Å²) in [5.41, 5.74) is -0.638. The number of halogens is 1. The van der Waals surface area contributed by atoms with E-state index in [4.69, 9.17) is 33.2 Å². The molecule has 0 bridgehead atoms. The largest absolute Gasteiger partial charge is 0.481 e. The fourth-order valence-corrected chi connectivity index (χ4v) is 11.1. The molecular formula is C43H66INO12. The predicted molar refractivity (Wildman–Crippen MR) is 219 cm³/mol. The van der Waals surface area contributed by atoms with Crippen molar-refractivity contribution in [1.82, 2.24) is 0 Å². The van der Waals surface area contributed by atoms with E-state index in [1.165, 1.54) is 7.11 Å². The first kappa shape index (κ1) is 44.9. The zero-order valence-corrected chi connectivity index (χ0v) is 37.2. The Hall–Kier alpha value is -1.63. The molecule has 14 heteroatoms. The fourth-order valence-electron chi connectivity index (χ4n) is 10.8. The molecule has 0 radical (unpaired) electrons. The first-order valence-electron chi connectivity index (χ1n) is 21.0. The van der Waals surface area contributed by atoms with Gasteiger partial charge in [0.25, 0.3) is 0 Å². The third-order valence-corrected chi connectivity index (χ3v) is 15.0. The first-order valence-corrected chi connectivity index (χ1v) is 22.1. The zero-order valence-electron chi connectivity index (χ0n) is 35.1. The summed E-state index contributed by atoms with van der Waals surface area (Å²) in [6.07, 6.45) is 1.71. The molecule has 0 unspecified atom stereocenters. The number of hydrogen-bond donors (Lipinski definition) is 4. The standard InChI is InChI=1S/C43H66INO12/c1-10-41(16-15-33(54-41)40(8)17-18-42(57-40)21-31(46)26(5)36(55-42)27(6)35(51-9)28(7)38(47)48)37-24(3)20-32(53-37)34-23(2)19-25(4)43(50,56-34)22-52-39(49)45-30-13-11-29(44)12-14-30/h11-14,23-28,31-37,46,50H,10,15-22H2,1-9H3,(H,45,49)(H,47,48)/t23-,24-,25+,26+,27-,28+,31-,32+,33+,34-,35+,36-,37+,40-,41-,42+,43-/m0/s1. The van der Waals surface area contributed by atoms with Crippen LogP contribution < -0.4 is 5.32 Å². The van der Waals surface area contributed by atoms with Crippen LogP contribution in [0, 0.1) is 39.1 Å². The monoisotopic (exact) mass is 915 g/mol. The summed E-state index contributed by atoms with van der Waals surface area (Å²) < 4.78 is 46.6. The topological polar surface area (TPSA) is 171 Å². The molecule has 1 aromatic carbocycles. The molecule has 57 heavy (non-hydrogen) atoms. The van der Waals surface area contributed by atoms with Crippen LogP contribution in [0.4, 0.5) is 10.5 Å². The highest BCUT2D eigenvalue weighted by molar-refractivity contribution is 14.1. The summed E-state index contributed by atoms with van der Waals surface area (Å²) in [5, 5.41) is 35.6. The lowest BCUT2D eigenvalue weighted by Gasteiger charge is -2.49. The maximum absolute atomic E-state index is 12.7. The molecular weight excluding hydrogens is 849 g/mol. The lowest BCUT2D eigenvalue weighted by atomic mass is 9.78. The second-order valence-electron chi connectivity index (χ2n) is 18.3. The van der Waals surface area contributed by atoms with Crippen molar-refractivity contribution in [2.45, 2.75) is 172 Å². The van der Waals surface area contributed by atoms with Crippen molar-refractivity contribution in [3.63, 3.8) is 0 Å². The minimum Gasteiger partial charge on any atom is -0.481 e. The van der Waals surface area contributed by atoms with Gasteiger partial charge in [0.05, 0.1) is 59.8 Å². The van der Waals surface area contributed by atoms with E-state index in [2.05, 4.69) is 55.6 Å². The first-order chi connectivity index (χ1) is 26.8. The Bertz CT molecular complexity index is 1570. The highest BCUT2D eigenvalue weighted by Crippen LogP contribution is 2.55. The van der Waals surface area contributed by atoms with Crippen molar-refractivity contribution >= 4 is 40.3 Å². The molecule has 5 heterocycles. The van der Waals surface area contributed by atoms with Crippen LogP contribution in [-0.2, 0) is 38.0 Å². The van der Waals surface area contributed by atoms with Crippen molar-refractivity contribution in [2.24, 2.45) is 35.5 Å². The number of carbonyl (C=O) groups is 2. The van der Waals surface area contributed by atoms with Gasteiger partial charge < -0.3 is 48.5 Å². The highest BCUT2D eigenvalue weighted by Gasteiger charge is 2.62. The van der Waals surface area contributed by atoms with Crippen molar-refractivity contribution < 1.29 is 58.1 Å². The van der Waals surface area contributed by atoms with Crippen LogP contribution in [0.3, 0.4) is 0 Å². The predicted octanol–water partition coefficient (Wildman–Crippen LogP) is 7.13. The smallest absolute Gasteiger partial charge is 0.411 e. The lowest BCUT2D eigenvalue weighted by molar-refractivity contribution is -0.336. The maximum Gasteiger partial charge on any atom is 0.411 e. The molecule has 0 aromatic heterocycles. The minimum absolute atomic E-state index is 0.0975. The molecule has 5 aliphatic heterocycles. The molecule has 17 atom stereocenters. The number of benzene rings is 1. The van der Waals surface area contributed by atoms with E-state index in [0.717, 1.165) is 29.3 Å². The molecule has 0 aliphatic carbocycles. The van der Waals surface area contributed by atoms with E-state index >= 15 is 0 Å². The molecule has 5 saturated heterocycles. The number of aliphatic hydroxyl groups is 2. The zero-order chi connectivity index (χ0) is 41.7. The number of aliphatic carboxylic acids is 1. The van der Waals surface area contributed by atoms with Gasteiger partial charge in [0, 0.05) is 47.0 Å². The Morgan fingerprint density at radius 3 is 2.37 bits per heavy atom.